The van der Waals surface area contributed by atoms with Gasteiger partial charge in [-0.15, -0.1) is 0 Å². The lowest BCUT2D eigenvalue weighted by Gasteiger charge is -2.20. The number of halogens is 2. The molecular formula is C16H17F2NO2. The number of ether oxygens (including phenoxy) is 2. The molecule has 112 valence electrons. The molecule has 0 saturated heterocycles. The molecule has 2 aromatic carbocycles. The summed E-state index contributed by atoms with van der Waals surface area (Å²) in [5.74, 6) is -1.11. The van der Waals surface area contributed by atoms with Crippen molar-refractivity contribution in [2.75, 3.05) is 20.8 Å². The van der Waals surface area contributed by atoms with Crippen molar-refractivity contribution in [1.29, 1.82) is 0 Å². The molecule has 1 N–H and O–H groups in total. The molecule has 0 spiro atoms. The van der Waals surface area contributed by atoms with Crippen molar-refractivity contribution >= 4 is 0 Å². The fraction of sp³-hybridized carbons (Fsp3) is 0.250. The van der Waals surface area contributed by atoms with E-state index in [2.05, 4.69) is 5.32 Å². The largest absolute Gasteiger partial charge is 0.496 e. The van der Waals surface area contributed by atoms with Crippen LogP contribution < -0.4 is 14.8 Å². The summed E-state index contributed by atoms with van der Waals surface area (Å²) in [5.41, 5.74) is 0.860. The lowest BCUT2D eigenvalue weighted by Crippen LogP contribution is -2.24. The van der Waals surface area contributed by atoms with E-state index in [9.17, 15) is 8.78 Å². The Morgan fingerprint density at radius 2 is 1.71 bits per heavy atom. The molecule has 5 heteroatoms. The first-order valence-electron chi connectivity index (χ1n) is 6.54. The second kappa shape index (κ2) is 7.04. The van der Waals surface area contributed by atoms with E-state index in [1.54, 1.807) is 14.2 Å². The molecule has 3 nitrogen and oxygen atoms in total. The molecule has 0 aromatic heterocycles. The van der Waals surface area contributed by atoms with Crippen LogP contribution in [-0.4, -0.2) is 20.8 Å². The summed E-state index contributed by atoms with van der Waals surface area (Å²) in [6, 6.07) is 10.8. The molecule has 0 saturated carbocycles. The molecule has 1 unspecified atom stereocenters. The van der Waals surface area contributed by atoms with Crippen molar-refractivity contribution in [3.8, 4) is 11.5 Å². The van der Waals surface area contributed by atoms with Crippen molar-refractivity contribution in [3.05, 3.63) is 59.7 Å². The SMILES string of the molecule is CNC(COc1c(F)cccc1F)c1ccccc1OC. The highest BCUT2D eigenvalue weighted by molar-refractivity contribution is 5.36. The van der Waals surface area contributed by atoms with Crippen LogP contribution in [0.25, 0.3) is 0 Å². The second-order valence-corrected chi connectivity index (χ2v) is 4.44. The third-order valence-electron chi connectivity index (χ3n) is 3.18. The van der Waals surface area contributed by atoms with Crippen LogP contribution in [0.5, 0.6) is 11.5 Å². The van der Waals surface area contributed by atoms with Crippen molar-refractivity contribution in [2.45, 2.75) is 6.04 Å². The predicted octanol–water partition coefficient (Wildman–Crippen LogP) is 3.31. The summed E-state index contributed by atoms with van der Waals surface area (Å²) >= 11 is 0. The smallest absolute Gasteiger partial charge is 0.190 e. The lowest BCUT2D eigenvalue weighted by atomic mass is 10.1. The Kier molecular flexibility index (Phi) is 5.11. The molecule has 0 heterocycles. The molecule has 1 atom stereocenters. The standard InChI is InChI=1S/C16H17F2NO2/c1-19-14(11-6-3-4-9-15(11)20-2)10-21-16-12(17)7-5-8-13(16)18/h3-9,14,19H,10H2,1-2H3. The van der Waals surface area contributed by atoms with E-state index >= 15 is 0 Å². The van der Waals surface area contributed by atoms with Gasteiger partial charge < -0.3 is 14.8 Å². The number of methoxy groups -OCH3 is 1. The van der Waals surface area contributed by atoms with Crippen LogP contribution in [-0.2, 0) is 0 Å². The number of para-hydroxylation sites is 2. The van der Waals surface area contributed by atoms with E-state index in [4.69, 9.17) is 9.47 Å². The summed E-state index contributed by atoms with van der Waals surface area (Å²) in [5, 5.41) is 3.05. The van der Waals surface area contributed by atoms with Crippen molar-refractivity contribution in [3.63, 3.8) is 0 Å². The topological polar surface area (TPSA) is 30.5 Å². The van der Waals surface area contributed by atoms with Gasteiger partial charge in [0.05, 0.1) is 13.2 Å². The van der Waals surface area contributed by atoms with E-state index in [0.29, 0.717) is 5.75 Å². The van der Waals surface area contributed by atoms with E-state index in [1.807, 2.05) is 24.3 Å². The van der Waals surface area contributed by atoms with Gasteiger partial charge in [-0.2, -0.15) is 0 Å². The minimum absolute atomic E-state index is 0.0781. The van der Waals surface area contributed by atoms with Crippen LogP contribution in [0, 0.1) is 11.6 Å². The molecular weight excluding hydrogens is 276 g/mol. The quantitative estimate of drug-likeness (QED) is 0.886. The average Bonchev–Trinajstić information content (AvgIpc) is 2.50. The predicted molar refractivity (Wildman–Crippen MR) is 76.6 cm³/mol. The Labute approximate surface area is 122 Å². The van der Waals surface area contributed by atoms with Gasteiger partial charge in [0.1, 0.15) is 12.4 Å². The number of hydrogen-bond donors (Lipinski definition) is 1. The fourth-order valence-corrected chi connectivity index (χ4v) is 2.07. The molecule has 21 heavy (non-hydrogen) atoms. The van der Waals surface area contributed by atoms with Gasteiger partial charge in [-0.05, 0) is 25.2 Å². The first-order chi connectivity index (χ1) is 10.2. The Bertz CT molecular complexity index is 584. The van der Waals surface area contributed by atoms with E-state index in [0.717, 1.165) is 17.7 Å². The normalized spacial score (nSPS) is 12.0. The summed E-state index contributed by atoms with van der Waals surface area (Å²) < 4.78 is 37.7. The lowest BCUT2D eigenvalue weighted by molar-refractivity contribution is 0.246. The summed E-state index contributed by atoms with van der Waals surface area (Å²) in [6.45, 7) is 0.0781. The Hall–Kier alpha value is -2.14. The monoisotopic (exact) mass is 293 g/mol. The van der Waals surface area contributed by atoms with Gasteiger partial charge in [-0.25, -0.2) is 8.78 Å². The maximum atomic E-state index is 13.5. The zero-order valence-corrected chi connectivity index (χ0v) is 11.9. The first-order valence-corrected chi connectivity index (χ1v) is 6.54. The van der Waals surface area contributed by atoms with E-state index in [1.165, 1.54) is 6.07 Å². The minimum Gasteiger partial charge on any atom is -0.496 e. The van der Waals surface area contributed by atoms with Gasteiger partial charge in [0.2, 0.25) is 0 Å². The van der Waals surface area contributed by atoms with Crippen LogP contribution in [0.15, 0.2) is 42.5 Å². The second-order valence-electron chi connectivity index (χ2n) is 4.44. The summed E-state index contributed by atoms with van der Waals surface area (Å²) in [6.07, 6.45) is 0. The molecule has 0 fully saturated rings. The maximum Gasteiger partial charge on any atom is 0.190 e. The highest BCUT2D eigenvalue weighted by atomic mass is 19.1. The number of nitrogens with one attached hydrogen (secondary N) is 1. The van der Waals surface area contributed by atoms with Gasteiger partial charge in [0, 0.05) is 5.56 Å². The third-order valence-corrected chi connectivity index (χ3v) is 3.18. The number of likely N-dealkylation sites (N-methyl/N-ethyl adjacent to an activating group) is 1. The molecule has 0 aliphatic heterocycles. The fourth-order valence-electron chi connectivity index (χ4n) is 2.07. The molecule has 2 rings (SSSR count). The van der Waals surface area contributed by atoms with Gasteiger partial charge in [0.15, 0.2) is 17.4 Å². The number of benzene rings is 2. The summed E-state index contributed by atoms with van der Waals surface area (Å²) in [7, 11) is 3.32. The van der Waals surface area contributed by atoms with Gasteiger partial charge in [0.25, 0.3) is 0 Å². The van der Waals surface area contributed by atoms with Gasteiger partial charge >= 0.3 is 0 Å². The van der Waals surface area contributed by atoms with Crippen molar-refractivity contribution < 1.29 is 18.3 Å². The number of rotatable bonds is 6. The highest BCUT2D eigenvalue weighted by Crippen LogP contribution is 2.27. The average molecular weight is 293 g/mol. The molecule has 0 bridgehead atoms. The van der Waals surface area contributed by atoms with E-state index in [-0.39, 0.29) is 18.4 Å². The molecule has 0 aliphatic carbocycles. The van der Waals surface area contributed by atoms with Crippen molar-refractivity contribution in [1.82, 2.24) is 5.32 Å². The molecule has 2 aromatic rings. The zero-order valence-electron chi connectivity index (χ0n) is 11.9. The third kappa shape index (κ3) is 3.49. The maximum absolute atomic E-state index is 13.5. The van der Waals surface area contributed by atoms with Crippen LogP contribution in [0.1, 0.15) is 11.6 Å². The van der Waals surface area contributed by atoms with Gasteiger partial charge in [-0.1, -0.05) is 24.3 Å². The Morgan fingerprint density at radius 1 is 1.05 bits per heavy atom. The summed E-state index contributed by atoms with van der Waals surface area (Å²) in [4.78, 5) is 0. The Morgan fingerprint density at radius 3 is 2.33 bits per heavy atom. The van der Waals surface area contributed by atoms with Crippen molar-refractivity contribution in [2.24, 2.45) is 0 Å². The molecule has 0 aliphatic rings. The van der Waals surface area contributed by atoms with Gasteiger partial charge in [-0.3, -0.25) is 0 Å². The van der Waals surface area contributed by atoms with Crippen LogP contribution in [0.3, 0.4) is 0 Å². The number of hydrogen-bond acceptors (Lipinski definition) is 3. The molecule has 0 amide bonds. The minimum atomic E-state index is -0.718. The van der Waals surface area contributed by atoms with Crippen LogP contribution >= 0.6 is 0 Å². The first kappa shape index (κ1) is 15.3. The zero-order chi connectivity index (χ0) is 15.2. The highest BCUT2D eigenvalue weighted by Gasteiger charge is 2.17. The molecule has 0 radical (unpaired) electrons. The van der Waals surface area contributed by atoms with Crippen LogP contribution in [0.2, 0.25) is 0 Å². The van der Waals surface area contributed by atoms with Crippen LogP contribution in [0.4, 0.5) is 8.78 Å². The Balaban J connectivity index is 2.17. The van der Waals surface area contributed by atoms with E-state index < -0.39 is 11.6 Å².